The lowest BCUT2D eigenvalue weighted by molar-refractivity contribution is 0.951. The molecule has 12 rings (SSSR count). The van der Waals surface area contributed by atoms with Gasteiger partial charge < -0.3 is 9.13 Å². The van der Waals surface area contributed by atoms with Crippen molar-refractivity contribution in [2.75, 3.05) is 0 Å². The maximum absolute atomic E-state index is 5.36. The van der Waals surface area contributed by atoms with Crippen molar-refractivity contribution in [3.05, 3.63) is 194 Å². The third kappa shape index (κ3) is 4.74. The van der Waals surface area contributed by atoms with Crippen LogP contribution in [0.1, 0.15) is 0 Å². The van der Waals surface area contributed by atoms with Crippen molar-refractivity contribution in [2.24, 2.45) is 0 Å². The Morgan fingerprint density at radius 3 is 1.39 bits per heavy atom. The summed E-state index contributed by atoms with van der Waals surface area (Å²) in [4.78, 5) is 15.8. The first-order valence-electron chi connectivity index (χ1n) is 19.2. The molecule has 0 aliphatic carbocycles. The van der Waals surface area contributed by atoms with Gasteiger partial charge >= 0.3 is 0 Å². The Labute approximate surface area is 327 Å². The van der Waals surface area contributed by atoms with Crippen molar-refractivity contribution in [2.45, 2.75) is 0 Å². The van der Waals surface area contributed by atoms with Gasteiger partial charge in [0.15, 0.2) is 11.6 Å². The predicted molar refractivity (Wildman–Crippen MR) is 234 cm³/mol. The van der Waals surface area contributed by atoms with Gasteiger partial charge in [-0.05, 0) is 60.7 Å². The summed E-state index contributed by atoms with van der Waals surface area (Å²) in [5.41, 5.74) is 10.6. The van der Waals surface area contributed by atoms with Gasteiger partial charge in [0.2, 0.25) is 5.95 Å². The fourth-order valence-electron chi connectivity index (χ4n) is 8.84. The molecule has 0 radical (unpaired) electrons. The molecule has 0 bridgehead atoms. The topological polar surface area (TPSA) is 53.5 Å². The second-order valence-electron chi connectivity index (χ2n) is 14.5. The Morgan fingerprint density at radius 1 is 0.298 bits per heavy atom. The lowest BCUT2D eigenvalue weighted by Crippen LogP contribution is -2.07. The molecule has 0 aliphatic heterocycles. The molecule has 0 saturated carbocycles. The predicted octanol–water partition coefficient (Wildman–Crippen LogP) is 12.5. The van der Waals surface area contributed by atoms with Gasteiger partial charge in [0.05, 0.1) is 38.8 Å². The number of rotatable bonds is 5. The Hall–Kier alpha value is -7.83. The second-order valence-corrected chi connectivity index (χ2v) is 14.5. The van der Waals surface area contributed by atoms with Crippen LogP contribution in [0.5, 0.6) is 0 Å². The quantitative estimate of drug-likeness (QED) is 0.177. The highest BCUT2D eigenvalue weighted by atomic mass is 15.2. The third-order valence-electron chi connectivity index (χ3n) is 11.3. The van der Waals surface area contributed by atoms with Crippen LogP contribution in [0.2, 0.25) is 0 Å². The van der Waals surface area contributed by atoms with E-state index in [1.54, 1.807) is 0 Å². The molecule has 57 heavy (non-hydrogen) atoms. The monoisotopic (exact) mass is 728 g/mol. The summed E-state index contributed by atoms with van der Waals surface area (Å²) in [6, 6.07) is 68.4. The largest absolute Gasteiger partial charge is 0.309 e. The SMILES string of the molecule is c1ccc(-c2nc(-c3ccccc3-n3c4ccccc4c4cc5c6ccccc6n(-c6ccccc6)c5cc43)nc(-n3c4ccccc4c4ccccc43)n2)cc1. The Morgan fingerprint density at radius 2 is 0.754 bits per heavy atom. The van der Waals surface area contributed by atoms with Crippen molar-refractivity contribution in [1.82, 2.24) is 28.7 Å². The molecule has 266 valence electrons. The van der Waals surface area contributed by atoms with Crippen LogP contribution in [-0.2, 0) is 0 Å². The molecular weight excluding hydrogens is 697 g/mol. The molecule has 4 aromatic heterocycles. The number of hydrogen-bond acceptors (Lipinski definition) is 3. The summed E-state index contributed by atoms with van der Waals surface area (Å²) in [7, 11) is 0. The highest BCUT2D eigenvalue weighted by Gasteiger charge is 2.22. The number of fused-ring (bicyclic) bond motifs is 9. The number of hydrogen-bond donors (Lipinski definition) is 0. The van der Waals surface area contributed by atoms with Crippen LogP contribution in [0.15, 0.2) is 194 Å². The van der Waals surface area contributed by atoms with Crippen LogP contribution < -0.4 is 0 Å². The molecule has 0 atom stereocenters. The van der Waals surface area contributed by atoms with E-state index < -0.39 is 0 Å². The lowest BCUT2D eigenvalue weighted by atomic mass is 10.1. The molecule has 6 heteroatoms. The van der Waals surface area contributed by atoms with E-state index >= 15 is 0 Å². The van der Waals surface area contributed by atoms with Crippen molar-refractivity contribution in [3.63, 3.8) is 0 Å². The maximum Gasteiger partial charge on any atom is 0.238 e. The van der Waals surface area contributed by atoms with Gasteiger partial charge in [-0.2, -0.15) is 9.97 Å². The maximum atomic E-state index is 5.36. The molecule has 0 saturated heterocycles. The summed E-state index contributed by atoms with van der Waals surface area (Å²) in [6.45, 7) is 0. The van der Waals surface area contributed by atoms with Crippen LogP contribution >= 0.6 is 0 Å². The summed E-state index contributed by atoms with van der Waals surface area (Å²) < 4.78 is 6.94. The molecule has 0 N–H and O–H groups in total. The fraction of sp³-hybridized carbons (Fsp3) is 0. The van der Waals surface area contributed by atoms with E-state index in [1.807, 2.05) is 18.2 Å². The first-order valence-corrected chi connectivity index (χ1v) is 19.2. The molecule has 0 amide bonds. The van der Waals surface area contributed by atoms with Gasteiger partial charge in [0.25, 0.3) is 0 Å². The molecular formula is C51H32N6. The van der Waals surface area contributed by atoms with Crippen molar-refractivity contribution in [1.29, 1.82) is 0 Å². The first kappa shape index (κ1) is 31.5. The Bertz CT molecular complexity index is 3470. The zero-order chi connectivity index (χ0) is 37.5. The van der Waals surface area contributed by atoms with Gasteiger partial charge in [0, 0.05) is 49.1 Å². The van der Waals surface area contributed by atoms with E-state index in [0.717, 1.165) is 60.9 Å². The van der Waals surface area contributed by atoms with Crippen molar-refractivity contribution < 1.29 is 0 Å². The normalized spacial score (nSPS) is 11.9. The van der Waals surface area contributed by atoms with Crippen LogP contribution in [-0.4, -0.2) is 28.7 Å². The van der Waals surface area contributed by atoms with Crippen LogP contribution in [0, 0.1) is 0 Å². The summed E-state index contributed by atoms with van der Waals surface area (Å²) in [6.07, 6.45) is 0. The smallest absolute Gasteiger partial charge is 0.238 e. The van der Waals surface area contributed by atoms with Gasteiger partial charge in [-0.15, -0.1) is 0 Å². The first-order chi connectivity index (χ1) is 28.3. The molecule has 0 fully saturated rings. The molecule has 0 unspecified atom stereocenters. The minimum Gasteiger partial charge on any atom is -0.309 e. The van der Waals surface area contributed by atoms with E-state index in [4.69, 9.17) is 15.0 Å². The zero-order valence-corrected chi connectivity index (χ0v) is 30.7. The minimum absolute atomic E-state index is 0.572. The van der Waals surface area contributed by atoms with Crippen LogP contribution in [0.4, 0.5) is 0 Å². The lowest BCUT2D eigenvalue weighted by Gasteiger charge is -2.15. The molecule has 0 spiro atoms. The fourth-order valence-corrected chi connectivity index (χ4v) is 8.84. The Balaban J connectivity index is 1.16. The van der Waals surface area contributed by atoms with E-state index in [9.17, 15) is 0 Å². The molecule has 12 aromatic rings. The van der Waals surface area contributed by atoms with Gasteiger partial charge in [-0.1, -0.05) is 133 Å². The van der Waals surface area contributed by atoms with E-state index in [1.165, 1.54) is 27.1 Å². The third-order valence-corrected chi connectivity index (χ3v) is 11.3. The van der Waals surface area contributed by atoms with E-state index in [0.29, 0.717) is 17.6 Å². The zero-order valence-electron chi connectivity index (χ0n) is 30.7. The summed E-state index contributed by atoms with van der Waals surface area (Å²) in [5.74, 6) is 1.78. The molecule has 6 nitrogen and oxygen atoms in total. The number of benzene rings is 8. The number of nitrogens with zero attached hydrogens (tertiary/aromatic N) is 6. The summed E-state index contributed by atoms with van der Waals surface area (Å²) >= 11 is 0. The highest BCUT2D eigenvalue weighted by Crippen LogP contribution is 2.41. The van der Waals surface area contributed by atoms with E-state index in [-0.39, 0.29) is 0 Å². The molecule has 8 aromatic carbocycles. The van der Waals surface area contributed by atoms with Gasteiger partial charge in [0.1, 0.15) is 0 Å². The standard InChI is InChI=1S/C51H32N6/c1-3-17-33(18-4-1)49-52-50(54-51(53-49)57-44-28-14-7-21-35(44)36-22-8-15-29-45(36)57)39-25-11-16-30-46(39)56-43-27-13-10-24-38(43)41-31-40-37-23-9-12-26-42(37)55(47(40)32-48(41)56)34-19-5-2-6-20-34/h1-32H. The highest BCUT2D eigenvalue weighted by molar-refractivity contribution is 6.19. The van der Waals surface area contributed by atoms with Crippen molar-refractivity contribution >= 4 is 65.4 Å². The van der Waals surface area contributed by atoms with Crippen LogP contribution in [0.3, 0.4) is 0 Å². The Kier molecular flexibility index (Phi) is 6.83. The van der Waals surface area contributed by atoms with Gasteiger partial charge in [-0.25, -0.2) is 4.98 Å². The second kappa shape index (κ2) is 12.3. The number of para-hydroxylation sites is 6. The molecule has 0 aliphatic rings. The molecule has 4 heterocycles. The average molecular weight is 729 g/mol. The van der Waals surface area contributed by atoms with Gasteiger partial charge in [-0.3, -0.25) is 4.57 Å². The average Bonchev–Trinajstić information content (AvgIpc) is 3.91. The van der Waals surface area contributed by atoms with Crippen LogP contribution in [0.25, 0.3) is 106 Å². The number of aromatic nitrogens is 6. The van der Waals surface area contributed by atoms with E-state index in [2.05, 4.69) is 190 Å². The van der Waals surface area contributed by atoms with Crippen molar-refractivity contribution in [3.8, 4) is 40.1 Å². The minimum atomic E-state index is 0.572. The summed E-state index contributed by atoms with van der Waals surface area (Å²) in [5, 5.41) is 7.14.